The summed E-state index contributed by atoms with van der Waals surface area (Å²) >= 11 is 0. The summed E-state index contributed by atoms with van der Waals surface area (Å²) in [7, 11) is 0. The second-order valence-corrected chi connectivity index (χ2v) is 10.6. The van der Waals surface area contributed by atoms with Crippen molar-refractivity contribution in [2.75, 3.05) is 6.54 Å². The number of nitrogens with one attached hydrogen (secondary N) is 1. The highest BCUT2D eigenvalue weighted by atomic mass is 16.4. The van der Waals surface area contributed by atoms with Gasteiger partial charge in [-0.1, -0.05) is 135 Å². The van der Waals surface area contributed by atoms with Crippen molar-refractivity contribution >= 4 is 11.9 Å². The Bertz CT molecular complexity index is 471. The Labute approximate surface area is 217 Å². The second kappa shape index (κ2) is 27.5. The number of carboxylic acids is 1. The fourth-order valence-corrected chi connectivity index (χ4v) is 4.73. The molecule has 0 bridgehead atoms. The molecule has 5 nitrogen and oxygen atoms in total. The lowest BCUT2D eigenvalue weighted by molar-refractivity contribution is -0.142. The van der Waals surface area contributed by atoms with Crippen molar-refractivity contribution in [3.63, 3.8) is 0 Å². The van der Waals surface area contributed by atoms with Gasteiger partial charge in [-0.05, 0) is 32.2 Å². The van der Waals surface area contributed by atoms with Gasteiger partial charge in [0, 0.05) is 6.42 Å². The normalized spacial score (nSPS) is 12.1. The van der Waals surface area contributed by atoms with Crippen LogP contribution in [0.15, 0.2) is 0 Å². The smallest absolute Gasteiger partial charge is 0.326 e. The first-order valence-electron chi connectivity index (χ1n) is 15.3. The van der Waals surface area contributed by atoms with Gasteiger partial charge in [-0.2, -0.15) is 0 Å². The van der Waals surface area contributed by atoms with E-state index < -0.39 is 12.0 Å². The van der Waals surface area contributed by atoms with Crippen LogP contribution in [0.3, 0.4) is 0 Å². The van der Waals surface area contributed by atoms with Gasteiger partial charge < -0.3 is 16.2 Å². The fourth-order valence-electron chi connectivity index (χ4n) is 4.73. The Hall–Kier alpha value is -1.10. The van der Waals surface area contributed by atoms with Crippen LogP contribution in [0.4, 0.5) is 0 Å². The molecule has 0 aromatic rings. The van der Waals surface area contributed by atoms with Crippen LogP contribution >= 0.6 is 0 Å². The largest absolute Gasteiger partial charge is 0.480 e. The van der Waals surface area contributed by atoms with Crippen molar-refractivity contribution in [3.05, 3.63) is 0 Å². The van der Waals surface area contributed by atoms with E-state index in [4.69, 9.17) is 5.73 Å². The molecule has 4 N–H and O–H groups in total. The average molecular weight is 497 g/mol. The molecule has 0 spiro atoms. The lowest BCUT2D eigenvalue weighted by Gasteiger charge is -2.14. The third kappa shape index (κ3) is 25.8. The maximum Gasteiger partial charge on any atom is 0.326 e. The van der Waals surface area contributed by atoms with Gasteiger partial charge in [0.25, 0.3) is 0 Å². The zero-order chi connectivity index (χ0) is 25.8. The number of amides is 1. The van der Waals surface area contributed by atoms with Crippen LogP contribution in [0.25, 0.3) is 0 Å². The number of carbonyl (C=O) groups is 2. The minimum Gasteiger partial charge on any atom is -0.480 e. The van der Waals surface area contributed by atoms with E-state index in [-0.39, 0.29) is 5.91 Å². The predicted octanol–water partition coefficient (Wildman–Crippen LogP) is 8.29. The monoisotopic (exact) mass is 496 g/mol. The highest BCUT2D eigenvalue weighted by Gasteiger charge is 2.18. The molecule has 0 aliphatic rings. The summed E-state index contributed by atoms with van der Waals surface area (Å²) in [6, 6.07) is -0.774. The maximum absolute atomic E-state index is 12.0. The summed E-state index contributed by atoms with van der Waals surface area (Å²) in [6.07, 6.45) is 30.6. The van der Waals surface area contributed by atoms with E-state index in [1.807, 2.05) is 0 Å². The zero-order valence-corrected chi connectivity index (χ0v) is 23.3. The van der Waals surface area contributed by atoms with Crippen molar-refractivity contribution in [3.8, 4) is 0 Å². The van der Waals surface area contributed by atoms with Crippen molar-refractivity contribution in [2.24, 2.45) is 5.73 Å². The van der Waals surface area contributed by atoms with Gasteiger partial charge in [0.05, 0.1) is 0 Å². The molecule has 0 saturated heterocycles. The molecular weight excluding hydrogens is 436 g/mol. The number of carbonyl (C=O) groups excluding carboxylic acids is 1. The first-order chi connectivity index (χ1) is 17.1. The highest BCUT2D eigenvalue weighted by molar-refractivity contribution is 5.83. The van der Waals surface area contributed by atoms with Crippen molar-refractivity contribution in [2.45, 2.75) is 173 Å². The van der Waals surface area contributed by atoms with Crippen LogP contribution in [0, 0.1) is 0 Å². The minimum atomic E-state index is -0.950. The summed E-state index contributed by atoms with van der Waals surface area (Å²) in [5.74, 6) is -1.09. The lowest BCUT2D eigenvalue weighted by Crippen LogP contribution is -2.40. The van der Waals surface area contributed by atoms with E-state index in [1.54, 1.807) is 0 Å². The van der Waals surface area contributed by atoms with Crippen molar-refractivity contribution in [1.82, 2.24) is 5.32 Å². The SMILES string of the molecule is CCCCCCCCCCCCCCCCCCCCCCCC(=O)N[C@@H](CCCCN)C(=O)O. The average Bonchev–Trinajstić information content (AvgIpc) is 2.84. The van der Waals surface area contributed by atoms with Gasteiger partial charge in [-0.15, -0.1) is 0 Å². The number of unbranched alkanes of at least 4 members (excludes halogenated alkanes) is 21. The molecule has 0 unspecified atom stereocenters. The van der Waals surface area contributed by atoms with Gasteiger partial charge in [0.15, 0.2) is 0 Å². The van der Waals surface area contributed by atoms with Gasteiger partial charge in [0.1, 0.15) is 6.04 Å². The third-order valence-corrected chi connectivity index (χ3v) is 7.09. The molecule has 0 rings (SSSR count). The molecule has 0 heterocycles. The molecular formula is C30H60N2O3. The Morgan fingerprint density at radius 1 is 0.600 bits per heavy atom. The topological polar surface area (TPSA) is 92.4 Å². The van der Waals surface area contributed by atoms with Crippen LogP contribution in [0.5, 0.6) is 0 Å². The predicted molar refractivity (Wildman–Crippen MR) is 150 cm³/mol. The van der Waals surface area contributed by atoms with Crippen LogP contribution in [-0.2, 0) is 9.59 Å². The Morgan fingerprint density at radius 2 is 0.971 bits per heavy atom. The second-order valence-electron chi connectivity index (χ2n) is 10.6. The molecule has 0 saturated carbocycles. The summed E-state index contributed by atoms with van der Waals surface area (Å²) < 4.78 is 0. The molecule has 0 fully saturated rings. The Morgan fingerprint density at radius 3 is 1.31 bits per heavy atom. The molecule has 1 amide bonds. The number of hydrogen-bond acceptors (Lipinski definition) is 3. The summed E-state index contributed by atoms with van der Waals surface area (Å²) in [5.41, 5.74) is 5.45. The molecule has 208 valence electrons. The van der Waals surface area contributed by atoms with Gasteiger partial charge in [-0.3, -0.25) is 4.79 Å². The third-order valence-electron chi connectivity index (χ3n) is 7.09. The first kappa shape index (κ1) is 33.9. The fraction of sp³-hybridized carbons (Fsp3) is 0.933. The maximum atomic E-state index is 12.0. The van der Waals surface area contributed by atoms with Gasteiger partial charge in [-0.25, -0.2) is 4.79 Å². The number of nitrogens with two attached hydrogens (primary N) is 1. The van der Waals surface area contributed by atoms with Crippen LogP contribution < -0.4 is 11.1 Å². The lowest BCUT2D eigenvalue weighted by atomic mass is 10.0. The standard InChI is InChI=1S/C30H60N2O3/c1-2-3-4-5-6-7-8-9-10-11-12-13-14-15-16-17-18-19-20-21-22-26-29(33)32-28(30(34)35)25-23-24-27-31/h28H,2-27,31H2,1H3,(H,32,33)(H,34,35)/t28-/m0/s1. The summed E-state index contributed by atoms with van der Waals surface area (Å²) in [6.45, 7) is 2.84. The van der Waals surface area contributed by atoms with E-state index in [0.29, 0.717) is 19.4 Å². The molecule has 0 radical (unpaired) electrons. The Kier molecular flexibility index (Phi) is 26.6. The highest BCUT2D eigenvalue weighted by Crippen LogP contribution is 2.15. The van der Waals surface area contributed by atoms with Crippen molar-refractivity contribution in [1.29, 1.82) is 0 Å². The van der Waals surface area contributed by atoms with Crippen LogP contribution in [0.1, 0.15) is 167 Å². The molecule has 1 atom stereocenters. The van der Waals surface area contributed by atoms with Crippen molar-refractivity contribution < 1.29 is 14.7 Å². The van der Waals surface area contributed by atoms with E-state index in [1.165, 1.54) is 122 Å². The number of carboxylic acid groups (broad SMARTS) is 1. The molecule has 0 aromatic heterocycles. The van der Waals surface area contributed by atoms with Gasteiger partial charge >= 0.3 is 5.97 Å². The molecule has 0 aromatic carbocycles. The molecule has 0 aliphatic carbocycles. The molecule has 0 aliphatic heterocycles. The Balaban J connectivity index is 3.31. The summed E-state index contributed by atoms with van der Waals surface area (Å²) in [4.78, 5) is 23.2. The van der Waals surface area contributed by atoms with E-state index in [0.717, 1.165) is 25.7 Å². The summed E-state index contributed by atoms with van der Waals surface area (Å²) in [5, 5.41) is 11.9. The van der Waals surface area contributed by atoms with E-state index >= 15 is 0 Å². The van der Waals surface area contributed by atoms with E-state index in [9.17, 15) is 14.7 Å². The van der Waals surface area contributed by atoms with Gasteiger partial charge in [0.2, 0.25) is 5.91 Å². The zero-order valence-electron chi connectivity index (χ0n) is 23.3. The molecule has 35 heavy (non-hydrogen) atoms. The molecule has 5 heteroatoms. The number of aliphatic carboxylic acids is 1. The van der Waals surface area contributed by atoms with E-state index in [2.05, 4.69) is 12.2 Å². The van der Waals surface area contributed by atoms with Crippen LogP contribution in [0.2, 0.25) is 0 Å². The quantitative estimate of drug-likeness (QED) is 0.0950. The number of rotatable bonds is 28. The van der Waals surface area contributed by atoms with Crippen LogP contribution in [-0.4, -0.2) is 29.6 Å². The number of hydrogen-bond donors (Lipinski definition) is 3. The first-order valence-corrected chi connectivity index (χ1v) is 15.3. The minimum absolute atomic E-state index is 0.136.